The lowest BCUT2D eigenvalue weighted by molar-refractivity contribution is -0.116. The number of hydrogen-bond donors (Lipinski definition) is 1. The number of halogens is 1. The molecular weight excluding hydrogens is 410 g/mol. The van der Waals surface area contributed by atoms with Crippen molar-refractivity contribution < 1.29 is 14.1 Å². The van der Waals surface area contributed by atoms with E-state index in [1.165, 1.54) is 0 Å². The highest BCUT2D eigenvalue weighted by atomic mass is 79.9. The molecule has 0 atom stereocenters. The number of rotatable bonds is 7. The van der Waals surface area contributed by atoms with Crippen molar-refractivity contribution in [3.63, 3.8) is 0 Å². The van der Waals surface area contributed by atoms with E-state index in [1.807, 2.05) is 49.4 Å². The van der Waals surface area contributed by atoms with Gasteiger partial charge in [-0.2, -0.15) is 4.98 Å². The van der Waals surface area contributed by atoms with Crippen LogP contribution in [0.2, 0.25) is 0 Å². The van der Waals surface area contributed by atoms with E-state index in [9.17, 15) is 4.79 Å². The Morgan fingerprint density at radius 1 is 1.26 bits per heavy atom. The van der Waals surface area contributed by atoms with Crippen molar-refractivity contribution >= 4 is 27.5 Å². The first-order valence-corrected chi connectivity index (χ1v) is 9.38. The average Bonchev–Trinajstić information content (AvgIpc) is 3.13. The molecule has 0 spiro atoms. The topological polar surface area (TPSA) is 77.2 Å². The van der Waals surface area contributed by atoms with Gasteiger partial charge in [-0.15, -0.1) is 0 Å². The maximum atomic E-state index is 12.1. The maximum Gasteiger partial charge on any atom is 0.226 e. The smallest absolute Gasteiger partial charge is 0.226 e. The van der Waals surface area contributed by atoms with Gasteiger partial charge >= 0.3 is 0 Å². The molecule has 1 N–H and O–H groups in total. The van der Waals surface area contributed by atoms with Crippen molar-refractivity contribution in [1.82, 2.24) is 10.1 Å². The van der Waals surface area contributed by atoms with E-state index in [4.69, 9.17) is 9.26 Å². The Hall–Kier alpha value is -2.67. The summed E-state index contributed by atoms with van der Waals surface area (Å²) in [5.41, 5.74) is 2.61. The molecule has 2 aromatic carbocycles. The van der Waals surface area contributed by atoms with Crippen LogP contribution >= 0.6 is 15.9 Å². The Bertz CT molecular complexity index is 940. The van der Waals surface area contributed by atoms with Gasteiger partial charge in [-0.3, -0.25) is 4.79 Å². The molecule has 3 rings (SSSR count). The van der Waals surface area contributed by atoms with Crippen molar-refractivity contribution in [3.05, 3.63) is 58.4 Å². The quantitative estimate of drug-likeness (QED) is 0.584. The standard InChI is InChI=1S/C20H20BrN3O3/c1-13-12-14(21)10-11-16(13)22-18(25)8-5-9-19-23-20(24-27-19)15-6-3-4-7-17(15)26-2/h3-4,6-7,10-12H,5,8-9H2,1-2H3,(H,22,25). The molecule has 0 aliphatic carbocycles. The lowest BCUT2D eigenvalue weighted by atomic mass is 10.2. The summed E-state index contributed by atoms with van der Waals surface area (Å²) < 4.78 is 11.6. The molecule has 0 radical (unpaired) electrons. The monoisotopic (exact) mass is 429 g/mol. The van der Waals surface area contributed by atoms with Crippen LogP contribution in [0.15, 0.2) is 51.5 Å². The van der Waals surface area contributed by atoms with Gasteiger partial charge in [0.25, 0.3) is 0 Å². The number of methoxy groups -OCH3 is 1. The van der Waals surface area contributed by atoms with Gasteiger partial charge in [-0.05, 0) is 49.2 Å². The van der Waals surface area contributed by atoms with Gasteiger partial charge in [0.05, 0.1) is 12.7 Å². The second-order valence-electron chi connectivity index (χ2n) is 6.07. The van der Waals surface area contributed by atoms with Crippen molar-refractivity contribution in [2.45, 2.75) is 26.2 Å². The molecule has 0 unspecified atom stereocenters. The number of para-hydroxylation sites is 1. The highest BCUT2D eigenvalue weighted by Gasteiger charge is 2.13. The number of carbonyl (C=O) groups excluding carboxylic acids is 1. The van der Waals surface area contributed by atoms with E-state index in [0.29, 0.717) is 36.7 Å². The molecule has 1 aromatic heterocycles. The number of ether oxygens (including phenoxy) is 1. The Kier molecular flexibility index (Phi) is 6.24. The van der Waals surface area contributed by atoms with Crippen LogP contribution in [0.3, 0.4) is 0 Å². The lowest BCUT2D eigenvalue weighted by Gasteiger charge is -2.08. The third-order valence-corrected chi connectivity index (χ3v) is 4.57. The first-order chi connectivity index (χ1) is 13.1. The summed E-state index contributed by atoms with van der Waals surface area (Å²) in [6.07, 6.45) is 1.53. The summed E-state index contributed by atoms with van der Waals surface area (Å²) in [7, 11) is 1.60. The van der Waals surface area contributed by atoms with Crippen molar-refractivity contribution in [1.29, 1.82) is 0 Å². The normalized spacial score (nSPS) is 10.6. The second kappa shape index (κ2) is 8.81. The SMILES string of the molecule is COc1ccccc1-c1noc(CCCC(=O)Nc2ccc(Br)cc2C)n1. The van der Waals surface area contributed by atoms with Crippen LogP contribution in [0.4, 0.5) is 5.69 Å². The number of carbonyl (C=O) groups is 1. The van der Waals surface area contributed by atoms with Gasteiger partial charge < -0.3 is 14.6 Å². The molecule has 0 saturated heterocycles. The van der Waals surface area contributed by atoms with Crippen molar-refractivity contribution in [2.75, 3.05) is 12.4 Å². The number of aromatic nitrogens is 2. The van der Waals surface area contributed by atoms with Gasteiger partial charge in [0.15, 0.2) is 0 Å². The first kappa shape index (κ1) is 19.1. The van der Waals surface area contributed by atoms with Crippen LogP contribution in [0.1, 0.15) is 24.3 Å². The molecule has 0 fully saturated rings. The molecule has 3 aromatic rings. The van der Waals surface area contributed by atoms with Crippen LogP contribution in [-0.4, -0.2) is 23.2 Å². The fourth-order valence-corrected chi connectivity index (χ4v) is 3.15. The molecule has 0 saturated carbocycles. The number of amides is 1. The zero-order valence-corrected chi connectivity index (χ0v) is 16.7. The van der Waals surface area contributed by atoms with Gasteiger partial charge in [0.1, 0.15) is 5.75 Å². The second-order valence-corrected chi connectivity index (χ2v) is 6.99. The minimum absolute atomic E-state index is 0.0371. The van der Waals surface area contributed by atoms with Crippen LogP contribution in [0, 0.1) is 6.92 Å². The Morgan fingerprint density at radius 2 is 2.07 bits per heavy atom. The molecule has 140 valence electrons. The van der Waals surface area contributed by atoms with E-state index < -0.39 is 0 Å². The number of hydrogen-bond acceptors (Lipinski definition) is 5. The summed E-state index contributed by atoms with van der Waals surface area (Å²) in [5, 5.41) is 6.94. The largest absolute Gasteiger partial charge is 0.496 e. The van der Waals surface area contributed by atoms with Crippen LogP contribution in [0.25, 0.3) is 11.4 Å². The predicted octanol–water partition coefficient (Wildman–Crippen LogP) is 4.78. The molecule has 7 heteroatoms. The number of benzene rings is 2. The zero-order valence-electron chi connectivity index (χ0n) is 15.2. The van der Waals surface area contributed by atoms with Crippen LogP contribution in [-0.2, 0) is 11.2 Å². The van der Waals surface area contributed by atoms with E-state index in [0.717, 1.165) is 21.3 Å². The summed E-state index contributed by atoms with van der Waals surface area (Å²) in [6, 6.07) is 13.3. The molecule has 0 aliphatic rings. The zero-order chi connectivity index (χ0) is 19.2. The fraction of sp³-hybridized carbons (Fsp3) is 0.250. The van der Waals surface area contributed by atoms with Gasteiger partial charge in [-0.25, -0.2) is 0 Å². The minimum atomic E-state index is -0.0371. The van der Waals surface area contributed by atoms with E-state index in [-0.39, 0.29) is 5.91 Å². The number of aryl methyl sites for hydroxylation is 2. The van der Waals surface area contributed by atoms with Crippen LogP contribution < -0.4 is 10.1 Å². The van der Waals surface area contributed by atoms with E-state index >= 15 is 0 Å². The summed E-state index contributed by atoms with van der Waals surface area (Å²) in [4.78, 5) is 16.5. The first-order valence-electron chi connectivity index (χ1n) is 8.59. The lowest BCUT2D eigenvalue weighted by Crippen LogP contribution is -2.12. The van der Waals surface area contributed by atoms with Crippen molar-refractivity contribution in [2.24, 2.45) is 0 Å². The summed E-state index contributed by atoms with van der Waals surface area (Å²) in [6.45, 7) is 1.96. The molecule has 27 heavy (non-hydrogen) atoms. The highest BCUT2D eigenvalue weighted by molar-refractivity contribution is 9.10. The van der Waals surface area contributed by atoms with E-state index in [1.54, 1.807) is 7.11 Å². The summed E-state index contributed by atoms with van der Waals surface area (Å²) in [5.74, 6) is 1.64. The Morgan fingerprint density at radius 3 is 2.85 bits per heavy atom. The molecule has 6 nitrogen and oxygen atoms in total. The molecular formula is C20H20BrN3O3. The third kappa shape index (κ3) is 4.95. The maximum absolute atomic E-state index is 12.1. The molecule has 0 aliphatic heterocycles. The van der Waals surface area contributed by atoms with Crippen molar-refractivity contribution in [3.8, 4) is 17.1 Å². The van der Waals surface area contributed by atoms with Crippen LogP contribution in [0.5, 0.6) is 5.75 Å². The van der Waals surface area contributed by atoms with Gasteiger partial charge in [0.2, 0.25) is 17.6 Å². The molecule has 0 bridgehead atoms. The molecule has 1 heterocycles. The average molecular weight is 430 g/mol. The number of nitrogens with one attached hydrogen (secondary N) is 1. The fourth-order valence-electron chi connectivity index (χ4n) is 2.68. The minimum Gasteiger partial charge on any atom is -0.496 e. The predicted molar refractivity (Wildman–Crippen MR) is 107 cm³/mol. The van der Waals surface area contributed by atoms with Gasteiger partial charge in [-0.1, -0.05) is 33.2 Å². The Balaban J connectivity index is 1.54. The van der Waals surface area contributed by atoms with E-state index in [2.05, 4.69) is 31.4 Å². The number of nitrogens with zero attached hydrogens (tertiary/aromatic N) is 2. The highest BCUT2D eigenvalue weighted by Crippen LogP contribution is 2.27. The molecule has 1 amide bonds. The van der Waals surface area contributed by atoms with Gasteiger partial charge in [0, 0.05) is 23.0 Å². The third-order valence-electron chi connectivity index (χ3n) is 4.07. The number of anilines is 1. The Labute approximate surface area is 166 Å². The summed E-state index contributed by atoms with van der Waals surface area (Å²) >= 11 is 3.41.